The summed E-state index contributed by atoms with van der Waals surface area (Å²) in [5, 5.41) is 0. The van der Waals surface area contributed by atoms with E-state index in [2.05, 4.69) is 4.90 Å². The fraction of sp³-hybridized carbons (Fsp3) is 1.00. The lowest BCUT2D eigenvalue weighted by atomic mass is 10.2. The average molecular weight is 187 g/mol. The molecule has 0 aromatic rings. The summed E-state index contributed by atoms with van der Waals surface area (Å²) in [6, 6.07) is 0. The molecule has 0 N–H and O–H groups in total. The summed E-state index contributed by atoms with van der Waals surface area (Å²) >= 11 is 0. The van der Waals surface area contributed by atoms with Gasteiger partial charge in [0.2, 0.25) is 0 Å². The molecule has 0 amide bonds. The van der Waals surface area contributed by atoms with Gasteiger partial charge in [-0.1, -0.05) is 12.8 Å². The van der Waals surface area contributed by atoms with Crippen molar-refractivity contribution >= 4 is 0 Å². The molecule has 13 heavy (non-hydrogen) atoms. The normalized spacial score (nSPS) is 20.5. The Labute approximate surface area is 81.0 Å². The summed E-state index contributed by atoms with van der Waals surface area (Å²) in [7, 11) is 3.40. The number of ether oxygens (including phenoxy) is 2. The monoisotopic (exact) mass is 187 g/mol. The third kappa shape index (κ3) is 4.07. The van der Waals surface area contributed by atoms with Crippen LogP contribution in [0.3, 0.4) is 0 Å². The molecule has 0 aromatic heterocycles. The number of methoxy groups -OCH3 is 2. The maximum Gasteiger partial charge on any atom is 0.169 e. The van der Waals surface area contributed by atoms with E-state index in [1.54, 1.807) is 14.2 Å². The predicted molar refractivity (Wildman–Crippen MR) is 52.7 cm³/mol. The number of nitrogens with zero attached hydrogens (tertiary/aromatic N) is 1. The van der Waals surface area contributed by atoms with Gasteiger partial charge >= 0.3 is 0 Å². The van der Waals surface area contributed by atoms with E-state index in [4.69, 9.17) is 9.47 Å². The van der Waals surface area contributed by atoms with E-state index in [-0.39, 0.29) is 6.29 Å². The van der Waals surface area contributed by atoms with Gasteiger partial charge in [0.25, 0.3) is 0 Å². The van der Waals surface area contributed by atoms with Crippen LogP contribution in [0.2, 0.25) is 0 Å². The van der Waals surface area contributed by atoms with Gasteiger partial charge in [-0.3, -0.25) is 4.90 Å². The van der Waals surface area contributed by atoms with Gasteiger partial charge in [0.15, 0.2) is 6.29 Å². The van der Waals surface area contributed by atoms with Crippen molar-refractivity contribution in [2.24, 2.45) is 0 Å². The van der Waals surface area contributed by atoms with E-state index in [0.717, 1.165) is 6.54 Å². The minimum Gasteiger partial charge on any atom is -0.355 e. The second-order valence-corrected chi connectivity index (χ2v) is 3.62. The molecule has 1 aliphatic rings. The van der Waals surface area contributed by atoms with Crippen molar-refractivity contribution < 1.29 is 9.47 Å². The summed E-state index contributed by atoms with van der Waals surface area (Å²) in [6.07, 6.45) is 5.33. The molecule has 3 heteroatoms. The van der Waals surface area contributed by atoms with Crippen LogP contribution < -0.4 is 0 Å². The molecule has 1 heterocycles. The first-order valence-electron chi connectivity index (χ1n) is 5.14. The van der Waals surface area contributed by atoms with Crippen molar-refractivity contribution in [3.8, 4) is 0 Å². The zero-order valence-corrected chi connectivity index (χ0v) is 8.79. The Hall–Kier alpha value is -0.120. The molecule has 1 rings (SSSR count). The van der Waals surface area contributed by atoms with Crippen LogP contribution in [0.5, 0.6) is 0 Å². The van der Waals surface area contributed by atoms with Crippen molar-refractivity contribution in [1.29, 1.82) is 0 Å². The van der Waals surface area contributed by atoms with E-state index in [1.807, 2.05) is 0 Å². The molecule has 0 saturated carbocycles. The van der Waals surface area contributed by atoms with Gasteiger partial charge in [-0.05, 0) is 25.9 Å². The number of hydrogen-bond acceptors (Lipinski definition) is 3. The zero-order chi connectivity index (χ0) is 9.52. The fourth-order valence-corrected chi connectivity index (χ4v) is 1.77. The van der Waals surface area contributed by atoms with Gasteiger partial charge in [0.1, 0.15) is 0 Å². The third-order valence-electron chi connectivity index (χ3n) is 2.63. The molecule has 0 spiro atoms. The predicted octanol–water partition coefficient (Wildman–Crippen LogP) is 1.48. The highest BCUT2D eigenvalue weighted by atomic mass is 16.7. The summed E-state index contributed by atoms with van der Waals surface area (Å²) in [5.41, 5.74) is 0. The van der Waals surface area contributed by atoms with Gasteiger partial charge in [-0.15, -0.1) is 0 Å². The molecule has 0 aliphatic carbocycles. The molecule has 3 nitrogen and oxygen atoms in total. The number of rotatable bonds is 4. The highest BCUT2D eigenvalue weighted by Gasteiger charge is 2.13. The third-order valence-corrected chi connectivity index (χ3v) is 2.63. The highest BCUT2D eigenvalue weighted by molar-refractivity contribution is 4.64. The van der Waals surface area contributed by atoms with E-state index in [0.29, 0.717) is 0 Å². The van der Waals surface area contributed by atoms with Crippen molar-refractivity contribution in [2.75, 3.05) is 33.9 Å². The molecule has 1 fully saturated rings. The van der Waals surface area contributed by atoms with Crippen molar-refractivity contribution in [1.82, 2.24) is 4.90 Å². The van der Waals surface area contributed by atoms with Crippen LogP contribution in [0.25, 0.3) is 0 Å². The van der Waals surface area contributed by atoms with Crippen LogP contribution in [0, 0.1) is 0 Å². The standard InChI is InChI=1S/C10H21NO2/c1-12-10(13-2)9-11-7-5-3-4-6-8-11/h10H,3-9H2,1-2H3. The highest BCUT2D eigenvalue weighted by Crippen LogP contribution is 2.10. The van der Waals surface area contributed by atoms with E-state index >= 15 is 0 Å². The van der Waals surface area contributed by atoms with Gasteiger partial charge in [0, 0.05) is 20.8 Å². The Kier molecular flexibility index (Phi) is 5.35. The van der Waals surface area contributed by atoms with Crippen LogP contribution >= 0.6 is 0 Å². The van der Waals surface area contributed by atoms with Crippen LogP contribution in [0.15, 0.2) is 0 Å². The van der Waals surface area contributed by atoms with Gasteiger partial charge in [0.05, 0.1) is 0 Å². The Bertz CT molecular complexity index is 118. The summed E-state index contributed by atoms with van der Waals surface area (Å²) in [5.74, 6) is 0. The van der Waals surface area contributed by atoms with Crippen molar-refractivity contribution in [3.63, 3.8) is 0 Å². The fourth-order valence-electron chi connectivity index (χ4n) is 1.77. The Morgan fingerprint density at radius 1 is 1.00 bits per heavy atom. The first-order valence-corrected chi connectivity index (χ1v) is 5.14. The number of hydrogen-bond donors (Lipinski definition) is 0. The Morgan fingerprint density at radius 3 is 2.00 bits per heavy atom. The topological polar surface area (TPSA) is 21.7 Å². The van der Waals surface area contributed by atoms with Gasteiger partial charge in [-0.25, -0.2) is 0 Å². The maximum absolute atomic E-state index is 5.18. The average Bonchev–Trinajstić information content (AvgIpc) is 2.42. The van der Waals surface area contributed by atoms with Crippen LogP contribution in [-0.4, -0.2) is 45.0 Å². The largest absolute Gasteiger partial charge is 0.355 e. The van der Waals surface area contributed by atoms with Crippen molar-refractivity contribution in [2.45, 2.75) is 32.0 Å². The zero-order valence-electron chi connectivity index (χ0n) is 8.79. The molecular weight excluding hydrogens is 166 g/mol. The molecule has 0 atom stereocenters. The van der Waals surface area contributed by atoms with Crippen molar-refractivity contribution in [3.05, 3.63) is 0 Å². The molecule has 0 bridgehead atoms. The van der Waals surface area contributed by atoms with E-state index < -0.39 is 0 Å². The first kappa shape index (κ1) is 11.0. The number of likely N-dealkylation sites (tertiary alicyclic amines) is 1. The lowest BCUT2D eigenvalue weighted by Gasteiger charge is -2.24. The Morgan fingerprint density at radius 2 is 1.54 bits per heavy atom. The van der Waals surface area contributed by atoms with E-state index in [1.165, 1.54) is 38.8 Å². The molecule has 1 aliphatic heterocycles. The van der Waals surface area contributed by atoms with Crippen LogP contribution in [-0.2, 0) is 9.47 Å². The molecule has 0 radical (unpaired) electrons. The van der Waals surface area contributed by atoms with E-state index in [9.17, 15) is 0 Å². The molecule has 0 unspecified atom stereocenters. The van der Waals surface area contributed by atoms with Crippen LogP contribution in [0.4, 0.5) is 0 Å². The lowest BCUT2D eigenvalue weighted by Crippen LogP contribution is -2.35. The summed E-state index contributed by atoms with van der Waals surface area (Å²) < 4.78 is 10.4. The van der Waals surface area contributed by atoms with Gasteiger partial charge in [-0.2, -0.15) is 0 Å². The van der Waals surface area contributed by atoms with Gasteiger partial charge < -0.3 is 9.47 Å². The first-order chi connectivity index (χ1) is 6.36. The lowest BCUT2D eigenvalue weighted by molar-refractivity contribution is -0.115. The molecule has 78 valence electrons. The second kappa shape index (κ2) is 6.35. The molecule has 1 saturated heterocycles. The maximum atomic E-state index is 5.18. The Balaban J connectivity index is 2.24. The quantitative estimate of drug-likeness (QED) is 0.622. The second-order valence-electron chi connectivity index (χ2n) is 3.62. The molecule has 0 aromatic carbocycles. The summed E-state index contributed by atoms with van der Waals surface area (Å²) in [6.45, 7) is 3.31. The smallest absolute Gasteiger partial charge is 0.169 e. The summed E-state index contributed by atoms with van der Waals surface area (Å²) in [4.78, 5) is 2.44. The minimum absolute atomic E-state index is 0.0573. The minimum atomic E-state index is -0.0573. The molecular formula is C10H21NO2. The van der Waals surface area contributed by atoms with Crippen LogP contribution in [0.1, 0.15) is 25.7 Å². The SMILES string of the molecule is COC(CN1CCCCCC1)OC.